The second kappa shape index (κ2) is 8.04. The molecule has 0 aliphatic heterocycles. The van der Waals surface area contributed by atoms with Crippen molar-refractivity contribution in [1.82, 2.24) is 0 Å². The monoisotopic (exact) mass is 277 g/mol. The quantitative estimate of drug-likeness (QED) is 0.618. The Morgan fingerprint density at radius 2 is 1.83 bits per heavy atom. The average molecular weight is 277 g/mol. The third kappa shape index (κ3) is 8.02. The van der Waals surface area contributed by atoms with Crippen LogP contribution in [0, 0.1) is 6.92 Å². The highest BCUT2D eigenvalue weighted by molar-refractivity contribution is 7.79. The van der Waals surface area contributed by atoms with Gasteiger partial charge in [-0.25, -0.2) is 0 Å². The van der Waals surface area contributed by atoms with Gasteiger partial charge in [0.15, 0.2) is 0 Å². The first-order valence-corrected chi connectivity index (χ1v) is 6.82. The van der Waals surface area contributed by atoms with Crippen molar-refractivity contribution in [2.45, 2.75) is 20.3 Å². The van der Waals surface area contributed by atoms with E-state index in [1.54, 1.807) is 0 Å². The second-order valence-corrected chi connectivity index (χ2v) is 4.45. The van der Waals surface area contributed by atoms with Crippen molar-refractivity contribution >= 4 is 16.1 Å². The molecular formula is C11H19NO5S. The van der Waals surface area contributed by atoms with E-state index >= 15 is 0 Å². The minimum atomic E-state index is -4.67. The van der Waals surface area contributed by atoms with Gasteiger partial charge in [-0.3, -0.25) is 9.11 Å². The molecule has 7 heteroatoms. The fraction of sp³-hybridized carbons (Fsp3) is 0.455. The van der Waals surface area contributed by atoms with Crippen LogP contribution < -0.4 is 5.32 Å². The minimum absolute atomic E-state index is 0.212. The lowest BCUT2D eigenvalue weighted by atomic mass is 10.0. The van der Waals surface area contributed by atoms with Crippen LogP contribution >= 0.6 is 0 Å². The third-order valence-electron chi connectivity index (χ3n) is 2.14. The van der Waals surface area contributed by atoms with E-state index in [0.29, 0.717) is 0 Å². The summed E-state index contributed by atoms with van der Waals surface area (Å²) in [6.07, 6.45) is 0.731. The normalized spacial score (nSPS) is 10.5. The maximum absolute atomic E-state index is 8.91. The number of anilines is 1. The van der Waals surface area contributed by atoms with Crippen LogP contribution in [0.15, 0.2) is 18.2 Å². The fourth-order valence-corrected chi connectivity index (χ4v) is 1.50. The molecule has 0 bridgehead atoms. The van der Waals surface area contributed by atoms with Gasteiger partial charge in [0, 0.05) is 18.8 Å². The number of rotatable bonds is 4. The van der Waals surface area contributed by atoms with Gasteiger partial charge in [0.05, 0.1) is 0 Å². The summed E-state index contributed by atoms with van der Waals surface area (Å²) in [5.74, 6) is 0. The lowest BCUT2D eigenvalue weighted by Gasteiger charge is -2.12. The molecule has 1 rings (SSSR count). The molecule has 0 unspecified atom stereocenters. The van der Waals surface area contributed by atoms with Gasteiger partial charge in [0.25, 0.3) is 0 Å². The Kier molecular flexibility index (Phi) is 7.53. The van der Waals surface area contributed by atoms with Crippen molar-refractivity contribution in [3.63, 3.8) is 0 Å². The number of hydrogen-bond donors (Lipinski definition) is 4. The van der Waals surface area contributed by atoms with Crippen LogP contribution in [-0.2, 0) is 16.8 Å². The van der Waals surface area contributed by atoms with Gasteiger partial charge >= 0.3 is 10.4 Å². The Bertz CT molecular complexity index is 451. The summed E-state index contributed by atoms with van der Waals surface area (Å²) < 4.78 is 31.6. The molecule has 0 heterocycles. The molecule has 0 aromatic heterocycles. The van der Waals surface area contributed by atoms with E-state index in [9.17, 15) is 0 Å². The average Bonchev–Trinajstić information content (AvgIpc) is 2.21. The Morgan fingerprint density at radius 3 is 2.28 bits per heavy atom. The minimum Gasteiger partial charge on any atom is -0.396 e. The third-order valence-corrected chi connectivity index (χ3v) is 2.14. The van der Waals surface area contributed by atoms with Crippen molar-refractivity contribution in [1.29, 1.82) is 0 Å². The van der Waals surface area contributed by atoms with E-state index in [4.69, 9.17) is 22.6 Å². The predicted octanol–water partition coefficient (Wildman–Crippen LogP) is 1.31. The molecule has 0 amide bonds. The summed E-state index contributed by atoms with van der Waals surface area (Å²) in [6, 6.07) is 6.17. The smallest absolute Gasteiger partial charge is 0.394 e. The summed E-state index contributed by atoms with van der Waals surface area (Å²) in [6.45, 7) is 5.28. The Balaban J connectivity index is 0.000000494. The first kappa shape index (κ1) is 16.9. The highest BCUT2D eigenvalue weighted by Crippen LogP contribution is 2.19. The summed E-state index contributed by atoms with van der Waals surface area (Å²) >= 11 is 0. The van der Waals surface area contributed by atoms with Gasteiger partial charge in [0.2, 0.25) is 0 Å². The van der Waals surface area contributed by atoms with Crippen LogP contribution in [0.5, 0.6) is 0 Å². The Morgan fingerprint density at radius 1 is 1.28 bits per heavy atom. The van der Waals surface area contributed by atoms with Crippen LogP contribution in [0.4, 0.5) is 5.69 Å². The molecule has 0 aliphatic carbocycles. The van der Waals surface area contributed by atoms with E-state index in [-0.39, 0.29) is 6.61 Å². The van der Waals surface area contributed by atoms with Crippen LogP contribution in [0.25, 0.3) is 0 Å². The SMILES string of the molecule is CCNc1cccc(C)c1CCO.O=S(=O)(O)O. The van der Waals surface area contributed by atoms with Crippen molar-refractivity contribution in [3.05, 3.63) is 29.3 Å². The van der Waals surface area contributed by atoms with Crippen molar-refractivity contribution in [2.24, 2.45) is 0 Å². The van der Waals surface area contributed by atoms with Crippen molar-refractivity contribution in [2.75, 3.05) is 18.5 Å². The van der Waals surface area contributed by atoms with Crippen LogP contribution in [0.3, 0.4) is 0 Å². The first-order valence-electron chi connectivity index (χ1n) is 5.42. The zero-order valence-corrected chi connectivity index (χ0v) is 11.2. The highest BCUT2D eigenvalue weighted by atomic mass is 32.3. The number of hydrogen-bond acceptors (Lipinski definition) is 4. The van der Waals surface area contributed by atoms with E-state index in [2.05, 4.69) is 31.3 Å². The summed E-state index contributed by atoms with van der Waals surface area (Å²) in [5, 5.41) is 12.2. The van der Waals surface area contributed by atoms with Gasteiger partial charge < -0.3 is 10.4 Å². The van der Waals surface area contributed by atoms with Gasteiger partial charge in [-0.1, -0.05) is 12.1 Å². The van der Waals surface area contributed by atoms with Crippen LogP contribution in [0.2, 0.25) is 0 Å². The topological polar surface area (TPSA) is 107 Å². The maximum atomic E-state index is 8.91. The summed E-state index contributed by atoms with van der Waals surface area (Å²) in [7, 11) is -4.67. The summed E-state index contributed by atoms with van der Waals surface area (Å²) in [5.41, 5.74) is 3.62. The molecule has 0 spiro atoms. The van der Waals surface area contributed by atoms with Crippen molar-refractivity contribution in [3.8, 4) is 0 Å². The molecule has 0 saturated heterocycles. The number of aliphatic hydroxyl groups excluding tert-OH is 1. The lowest BCUT2D eigenvalue weighted by molar-refractivity contribution is 0.299. The van der Waals surface area contributed by atoms with E-state index in [1.165, 1.54) is 11.1 Å². The molecule has 0 atom stereocenters. The summed E-state index contributed by atoms with van der Waals surface area (Å²) in [4.78, 5) is 0. The molecule has 0 radical (unpaired) electrons. The Labute approximate surface area is 107 Å². The maximum Gasteiger partial charge on any atom is 0.394 e. The van der Waals surface area contributed by atoms with Crippen LogP contribution in [0.1, 0.15) is 18.1 Å². The Hall–Kier alpha value is -1.15. The molecule has 18 heavy (non-hydrogen) atoms. The highest BCUT2D eigenvalue weighted by Gasteiger charge is 2.02. The number of nitrogens with one attached hydrogen (secondary N) is 1. The molecule has 104 valence electrons. The molecule has 0 saturated carbocycles. The van der Waals surface area contributed by atoms with Gasteiger partial charge in [0.1, 0.15) is 0 Å². The zero-order valence-electron chi connectivity index (χ0n) is 10.4. The standard InChI is InChI=1S/C11H17NO.H2O4S/c1-3-12-11-6-4-5-9(2)10(11)7-8-13;1-5(2,3)4/h4-6,12-13H,3,7-8H2,1-2H3;(H2,1,2,3,4). The van der Waals surface area contributed by atoms with E-state index < -0.39 is 10.4 Å². The number of aryl methyl sites for hydroxylation is 1. The largest absolute Gasteiger partial charge is 0.396 e. The molecule has 1 aromatic rings. The number of aliphatic hydroxyl groups is 1. The lowest BCUT2D eigenvalue weighted by Crippen LogP contribution is -2.04. The molecule has 4 N–H and O–H groups in total. The molecular weight excluding hydrogens is 258 g/mol. The van der Waals surface area contributed by atoms with Gasteiger partial charge in [-0.2, -0.15) is 8.42 Å². The molecule has 6 nitrogen and oxygen atoms in total. The van der Waals surface area contributed by atoms with Crippen molar-refractivity contribution < 1.29 is 22.6 Å². The molecule has 0 aliphatic rings. The van der Waals surface area contributed by atoms with Gasteiger partial charge in [-0.05, 0) is 37.5 Å². The van der Waals surface area contributed by atoms with Crippen LogP contribution in [-0.4, -0.2) is 35.8 Å². The second-order valence-electron chi connectivity index (χ2n) is 3.55. The van der Waals surface area contributed by atoms with Gasteiger partial charge in [-0.15, -0.1) is 0 Å². The van der Waals surface area contributed by atoms with E-state index in [1.807, 2.05) is 6.07 Å². The predicted molar refractivity (Wildman–Crippen MR) is 70.3 cm³/mol. The number of benzene rings is 1. The molecule has 0 fully saturated rings. The fourth-order valence-electron chi connectivity index (χ4n) is 1.50. The van der Waals surface area contributed by atoms with E-state index in [0.717, 1.165) is 18.7 Å². The zero-order chi connectivity index (χ0) is 14.2. The first-order chi connectivity index (χ1) is 8.29. The molecule has 1 aromatic carbocycles.